The maximum atomic E-state index is 5.46. The lowest BCUT2D eigenvalue weighted by molar-refractivity contribution is 0.414. The van der Waals surface area contributed by atoms with Crippen LogP contribution in [0.25, 0.3) is 11.3 Å². The number of hydrogen-bond acceptors (Lipinski definition) is 5. The van der Waals surface area contributed by atoms with Gasteiger partial charge in [-0.05, 0) is 19.1 Å². The number of hydrogen-bond donors (Lipinski definition) is 1. The van der Waals surface area contributed by atoms with Gasteiger partial charge in [-0.1, -0.05) is 12.1 Å². The molecule has 1 aromatic carbocycles. The summed E-state index contributed by atoms with van der Waals surface area (Å²) in [6, 6.07) is 8.19. The second kappa shape index (κ2) is 6.23. The molecule has 0 unspecified atom stereocenters. The highest BCUT2D eigenvalue weighted by molar-refractivity contribution is 5.73. The summed E-state index contributed by atoms with van der Waals surface area (Å²) >= 11 is 0. The largest absolute Gasteiger partial charge is 0.491 e. The lowest BCUT2D eigenvalue weighted by Gasteiger charge is -2.14. The van der Waals surface area contributed by atoms with Gasteiger partial charge < -0.3 is 15.0 Å². The normalized spacial score (nSPS) is 10.2. The van der Waals surface area contributed by atoms with Crippen LogP contribution in [0.5, 0.6) is 5.75 Å². The molecule has 0 aliphatic rings. The van der Waals surface area contributed by atoms with Crippen molar-refractivity contribution in [3.8, 4) is 17.0 Å². The lowest BCUT2D eigenvalue weighted by atomic mass is 10.1. The average Bonchev–Trinajstić information content (AvgIpc) is 2.47. The fourth-order valence-corrected chi connectivity index (χ4v) is 1.98. The highest BCUT2D eigenvalue weighted by atomic mass is 16.5. The van der Waals surface area contributed by atoms with Gasteiger partial charge in [0, 0.05) is 31.9 Å². The fourth-order valence-electron chi connectivity index (χ4n) is 1.98. The molecule has 0 fully saturated rings. The molecule has 5 nitrogen and oxygen atoms in total. The van der Waals surface area contributed by atoms with Crippen molar-refractivity contribution in [3.63, 3.8) is 0 Å². The van der Waals surface area contributed by atoms with Gasteiger partial charge >= 0.3 is 0 Å². The molecule has 0 bridgehead atoms. The molecule has 0 amide bonds. The van der Waals surface area contributed by atoms with E-state index in [4.69, 9.17) is 4.74 Å². The number of methoxy groups -OCH3 is 1. The molecule has 0 spiro atoms. The summed E-state index contributed by atoms with van der Waals surface area (Å²) in [4.78, 5) is 10.6. The Morgan fingerprint density at radius 2 is 1.85 bits per heavy atom. The molecule has 20 heavy (non-hydrogen) atoms. The number of benzene rings is 1. The number of anilines is 2. The Balaban J connectivity index is 2.43. The third kappa shape index (κ3) is 2.82. The van der Waals surface area contributed by atoms with Crippen molar-refractivity contribution in [1.29, 1.82) is 0 Å². The Kier molecular flexibility index (Phi) is 4.40. The van der Waals surface area contributed by atoms with Crippen LogP contribution < -0.4 is 15.0 Å². The van der Waals surface area contributed by atoms with E-state index in [2.05, 4.69) is 32.3 Å². The Hall–Kier alpha value is -2.30. The van der Waals surface area contributed by atoms with E-state index in [-0.39, 0.29) is 0 Å². The molecular formula is C15H20N4O. The highest BCUT2D eigenvalue weighted by Gasteiger charge is 2.13. The zero-order valence-corrected chi connectivity index (χ0v) is 12.3. The van der Waals surface area contributed by atoms with Gasteiger partial charge in [0.2, 0.25) is 0 Å². The van der Waals surface area contributed by atoms with Crippen LogP contribution in [-0.4, -0.2) is 37.7 Å². The topological polar surface area (TPSA) is 50.3 Å². The summed E-state index contributed by atoms with van der Waals surface area (Å²) in [7, 11) is 5.67. The third-order valence-corrected chi connectivity index (χ3v) is 3.01. The summed E-state index contributed by atoms with van der Waals surface area (Å²) in [5.41, 5.74) is 2.95. The van der Waals surface area contributed by atoms with Crippen LogP contribution in [0.4, 0.5) is 11.5 Å². The quantitative estimate of drug-likeness (QED) is 0.906. The molecular weight excluding hydrogens is 252 g/mol. The van der Waals surface area contributed by atoms with Crippen molar-refractivity contribution in [1.82, 2.24) is 9.97 Å². The zero-order chi connectivity index (χ0) is 14.5. The van der Waals surface area contributed by atoms with Gasteiger partial charge in [-0.15, -0.1) is 0 Å². The van der Waals surface area contributed by atoms with Crippen molar-refractivity contribution < 1.29 is 4.74 Å². The van der Waals surface area contributed by atoms with Gasteiger partial charge in [0.15, 0.2) is 11.6 Å². The third-order valence-electron chi connectivity index (χ3n) is 3.01. The molecule has 106 valence electrons. The molecule has 0 aliphatic heterocycles. The van der Waals surface area contributed by atoms with Crippen molar-refractivity contribution in [3.05, 3.63) is 30.6 Å². The maximum absolute atomic E-state index is 5.46. The molecule has 1 aromatic heterocycles. The van der Waals surface area contributed by atoms with Gasteiger partial charge in [-0.3, -0.25) is 0 Å². The standard InChI is InChI=1S/C15H20N4O/c1-5-16-15-14(20-4)13(17-10-18-15)11-6-8-12(9-7-11)19(2)3/h6-10H,5H2,1-4H3,(H,16,17,18). The van der Waals surface area contributed by atoms with E-state index in [1.165, 1.54) is 0 Å². The first-order chi connectivity index (χ1) is 9.67. The minimum Gasteiger partial charge on any atom is -0.491 e. The molecule has 0 aliphatic carbocycles. The Labute approximate surface area is 119 Å². The number of rotatable bonds is 5. The van der Waals surface area contributed by atoms with E-state index in [1.54, 1.807) is 13.4 Å². The van der Waals surface area contributed by atoms with E-state index in [1.807, 2.05) is 33.2 Å². The highest BCUT2D eigenvalue weighted by Crippen LogP contribution is 2.33. The average molecular weight is 272 g/mol. The Bertz CT molecular complexity index is 567. The van der Waals surface area contributed by atoms with Crippen LogP contribution in [0, 0.1) is 0 Å². The summed E-state index contributed by atoms with van der Waals surface area (Å²) in [6.07, 6.45) is 1.55. The molecule has 0 atom stereocenters. The van der Waals surface area contributed by atoms with Gasteiger partial charge in [0.25, 0.3) is 0 Å². The van der Waals surface area contributed by atoms with Gasteiger partial charge in [-0.2, -0.15) is 0 Å². The first-order valence-corrected chi connectivity index (χ1v) is 6.58. The predicted molar refractivity (Wildman–Crippen MR) is 82.5 cm³/mol. The van der Waals surface area contributed by atoms with Gasteiger partial charge in [0.1, 0.15) is 12.0 Å². The monoisotopic (exact) mass is 272 g/mol. The molecule has 1 heterocycles. The van der Waals surface area contributed by atoms with Crippen LogP contribution in [-0.2, 0) is 0 Å². The number of ether oxygens (including phenoxy) is 1. The molecule has 0 saturated carbocycles. The second-order valence-electron chi connectivity index (χ2n) is 4.58. The van der Waals surface area contributed by atoms with E-state index in [0.29, 0.717) is 5.75 Å². The minimum absolute atomic E-state index is 0.673. The van der Waals surface area contributed by atoms with E-state index in [0.717, 1.165) is 29.3 Å². The lowest BCUT2D eigenvalue weighted by Crippen LogP contribution is -2.08. The zero-order valence-electron chi connectivity index (χ0n) is 12.3. The summed E-state index contributed by atoms with van der Waals surface area (Å²) < 4.78 is 5.46. The van der Waals surface area contributed by atoms with E-state index < -0.39 is 0 Å². The maximum Gasteiger partial charge on any atom is 0.187 e. The second-order valence-corrected chi connectivity index (χ2v) is 4.58. The molecule has 2 aromatic rings. The molecule has 0 saturated heterocycles. The summed E-state index contributed by atoms with van der Waals surface area (Å²) in [6.45, 7) is 2.81. The first kappa shape index (κ1) is 14.1. The first-order valence-electron chi connectivity index (χ1n) is 6.58. The van der Waals surface area contributed by atoms with Crippen LogP contribution in [0.3, 0.4) is 0 Å². The number of aromatic nitrogens is 2. The van der Waals surface area contributed by atoms with Crippen molar-refractivity contribution in [2.24, 2.45) is 0 Å². The van der Waals surface area contributed by atoms with Crippen LogP contribution in [0.1, 0.15) is 6.92 Å². The fraction of sp³-hybridized carbons (Fsp3) is 0.333. The van der Waals surface area contributed by atoms with Crippen molar-refractivity contribution in [2.45, 2.75) is 6.92 Å². The molecule has 0 radical (unpaired) electrons. The van der Waals surface area contributed by atoms with Crippen LogP contribution in [0.2, 0.25) is 0 Å². The molecule has 1 N–H and O–H groups in total. The Morgan fingerprint density at radius 3 is 2.40 bits per heavy atom. The molecule has 2 rings (SSSR count). The van der Waals surface area contributed by atoms with Gasteiger partial charge in [0.05, 0.1) is 7.11 Å². The minimum atomic E-state index is 0.673. The smallest absolute Gasteiger partial charge is 0.187 e. The number of nitrogens with one attached hydrogen (secondary N) is 1. The SMILES string of the molecule is CCNc1ncnc(-c2ccc(N(C)C)cc2)c1OC. The van der Waals surface area contributed by atoms with Gasteiger partial charge in [-0.25, -0.2) is 9.97 Å². The van der Waals surface area contributed by atoms with Crippen LogP contribution >= 0.6 is 0 Å². The summed E-state index contributed by atoms with van der Waals surface area (Å²) in [5.74, 6) is 1.39. The van der Waals surface area contributed by atoms with Crippen molar-refractivity contribution >= 4 is 11.5 Å². The predicted octanol–water partition coefficient (Wildman–Crippen LogP) is 2.65. The Morgan fingerprint density at radius 1 is 1.15 bits per heavy atom. The van der Waals surface area contributed by atoms with Crippen molar-refractivity contribution in [2.75, 3.05) is 38.0 Å². The van der Waals surface area contributed by atoms with Crippen LogP contribution in [0.15, 0.2) is 30.6 Å². The summed E-state index contributed by atoms with van der Waals surface area (Å²) in [5, 5.41) is 3.18. The van der Waals surface area contributed by atoms with E-state index in [9.17, 15) is 0 Å². The molecule has 5 heteroatoms. The van der Waals surface area contributed by atoms with E-state index >= 15 is 0 Å². The number of nitrogens with zero attached hydrogens (tertiary/aromatic N) is 3.